The average Bonchev–Trinajstić information content (AvgIpc) is 2.29. The van der Waals surface area contributed by atoms with Gasteiger partial charge < -0.3 is 9.94 Å². The maximum absolute atomic E-state index is 10.4. The van der Waals surface area contributed by atoms with Gasteiger partial charge >= 0.3 is 5.97 Å². The standard InChI is InChI=1S/C12H15NO3/c1-10(12(14)15)13-16-9-5-8-11-6-3-2-4-7-11/h2-4,6-7H,5,8-9H2,1H3,(H,14,15). The lowest BCUT2D eigenvalue weighted by Gasteiger charge is -2.00. The fraction of sp³-hybridized carbons (Fsp3) is 0.333. The third-order valence-corrected chi connectivity index (χ3v) is 2.05. The van der Waals surface area contributed by atoms with E-state index in [1.165, 1.54) is 12.5 Å². The van der Waals surface area contributed by atoms with Crippen molar-refractivity contribution in [1.29, 1.82) is 0 Å². The Morgan fingerprint density at radius 3 is 2.69 bits per heavy atom. The second-order valence-electron chi connectivity index (χ2n) is 3.40. The molecule has 86 valence electrons. The lowest BCUT2D eigenvalue weighted by atomic mass is 10.1. The van der Waals surface area contributed by atoms with Gasteiger partial charge in [-0.15, -0.1) is 0 Å². The van der Waals surface area contributed by atoms with Crippen LogP contribution in [-0.4, -0.2) is 23.4 Å². The summed E-state index contributed by atoms with van der Waals surface area (Å²) in [6.07, 6.45) is 1.73. The van der Waals surface area contributed by atoms with E-state index >= 15 is 0 Å². The van der Waals surface area contributed by atoms with Gasteiger partial charge in [0.1, 0.15) is 6.61 Å². The fourth-order valence-corrected chi connectivity index (χ4v) is 1.17. The Morgan fingerprint density at radius 2 is 2.06 bits per heavy atom. The van der Waals surface area contributed by atoms with Crippen molar-refractivity contribution in [2.24, 2.45) is 5.16 Å². The molecule has 0 fully saturated rings. The first kappa shape index (κ1) is 12.2. The number of hydrogen-bond acceptors (Lipinski definition) is 3. The molecule has 1 aromatic rings. The third kappa shape index (κ3) is 4.59. The van der Waals surface area contributed by atoms with Crippen LogP contribution in [0.1, 0.15) is 18.9 Å². The van der Waals surface area contributed by atoms with E-state index in [-0.39, 0.29) is 5.71 Å². The normalized spacial score (nSPS) is 11.2. The molecular weight excluding hydrogens is 206 g/mol. The van der Waals surface area contributed by atoms with Crippen molar-refractivity contribution >= 4 is 11.7 Å². The lowest BCUT2D eigenvalue weighted by Crippen LogP contribution is -2.08. The Balaban J connectivity index is 2.18. The Hall–Kier alpha value is -1.84. The Morgan fingerprint density at radius 1 is 1.38 bits per heavy atom. The van der Waals surface area contributed by atoms with Crippen LogP contribution in [0.5, 0.6) is 0 Å². The number of benzene rings is 1. The molecule has 0 unspecified atom stereocenters. The first-order valence-corrected chi connectivity index (χ1v) is 5.14. The molecule has 4 nitrogen and oxygen atoms in total. The highest BCUT2D eigenvalue weighted by molar-refractivity contribution is 6.34. The first-order valence-electron chi connectivity index (χ1n) is 5.14. The predicted octanol–water partition coefficient (Wildman–Crippen LogP) is 2.10. The van der Waals surface area contributed by atoms with E-state index in [4.69, 9.17) is 9.94 Å². The predicted molar refractivity (Wildman–Crippen MR) is 61.5 cm³/mol. The van der Waals surface area contributed by atoms with Gasteiger partial charge in [0.15, 0.2) is 5.71 Å². The van der Waals surface area contributed by atoms with Gasteiger partial charge in [0, 0.05) is 0 Å². The van der Waals surface area contributed by atoms with Crippen molar-refractivity contribution in [2.45, 2.75) is 19.8 Å². The Labute approximate surface area is 94.5 Å². The molecule has 0 saturated heterocycles. The summed E-state index contributed by atoms with van der Waals surface area (Å²) in [6.45, 7) is 1.83. The summed E-state index contributed by atoms with van der Waals surface area (Å²) in [5.41, 5.74) is 1.21. The summed E-state index contributed by atoms with van der Waals surface area (Å²) in [7, 11) is 0. The van der Waals surface area contributed by atoms with Crippen molar-refractivity contribution < 1.29 is 14.7 Å². The largest absolute Gasteiger partial charge is 0.477 e. The van der Waals surface area contributed by atoms with Crippen LogP contribution in [0.3, 0.4) is 0 Å². The van der Waals surface area contributed by atoms with Gasteiger partial charge in [0.25, 0.3) is 0 Å². The topological polar surface area (TPSA) is 58.9 Å². The zero-order valence-corrected chi connectivity index (χ0v) is 9.22. The zero-order chi connectivity index (χ0) is 11.8. The Bertz CT molecular complexity index is 360. The van der Waals surface area contributed by atoms with Gasteiger partial charge in [-0.1, -0.05) is 35.5 Å². The molecule has 1 rings (SSSR count). The monoisotopic (exact) mass is 221 g/mol. The molecule has 0 atom stereocenters. The highest BCUT2D eigenvalue weighted by atomic mass is 16.6. The molecular formula is C12H15NO3. The molecule has 0 bridgehead atoms. The molecule has 0 amide bonds. The summed E-state index contributed by atoms with van der Waals surface area (Å²) in [5.74, 6) is -1.05. The second kappa shape index (κ2) is 6.61. The zero-order valence-electron chi connectivity index (χ0n) is 9.22. The van der Waals surface area contributed by atoms with Crippen molar-refractivity contribution in [3.05, 3.63) is 35.9 Å². The SMILES string of the molecule is CC(=NOCCCc1ccccc1)C(=O)O. The molecule has 1 N–H and O–H groups in total. The van der Waals surface area contributed by atoms with E-state index in [1.807, 2.05) is 30.3 Å². The fourth-order valence-electron chi connectivity index (χ4n) is 1.17. The minimum Gasteiger partial charge on any atom is -0.477 e. The van der Waals surface area contributed by atoms with Gasteiger partial charge in [-0.05, 0) is 25.3 Å². The molecule has 0 aliphatic carbocycles. The maximum atomic E-state index is 10.4. The summed E-state index contributed by atoms with van der Waals surface area (Å²) in [6, 6.07) is 10.0. The number of carboxylic acids is 1. The van der Waals surface area contributed by atoms with Crippen molar-refractivity contribution in [3.63, 3.8) is 0 Å². The van der Waals surface area contributed by atoms with Crippen molar-refractivity contribution in [1.82, 2.24) is 0 Å². The molecule has 0 radical (unpaired) electrons. The van der Waals surface area contributed by atoms with Crippen LogP contribution >= 0.6 is 0 Å². The number of rotatable bonds is 6. The summed E-state index contributed by atoms with van der Waals surface area (Å²) < 4.78 is 0. The maximum Gasteiger partial charge on any atom is 0.353 e. The molecule has 0 heterocycles. The number of aliphatic carboxylic acids is 1. The lowest BCUT2D eigenvalue weighted by molar-refractivity contribution is -0.129. The van der Waals surface area contributed by atoms with Crippen LogP contribution in [-0.2, 0) is 16.1 Å². The second-order valence-corrected chi connectivity index (χ2v) is 3.40. The van der Waals surface area contributed by atoms with E-state index in [2.05, 4.69) is 5.16 Å². The minimum absolute atomic E-state index is 0.0280. The van der Waals surface area contributed by atoms with E-state index in [1.54, 1.807) is 0 Å². The van der Waals surface area contributed by atoms with E-state index < -0.39 is 5.97 Å². The molecule has 1 aromatic carbocycles. The van der Waals surface area contributed by atoms with Crippen LogP contribution in [0.2, 0.25) is 0 Å². The molecule has 0 aliphatic rings. The van der Waals surface area contributed by atoms with E-state index in [0.717, 1.165) is 12.8 Å². The summed E-state index contributed by atoms with van der Waals surface area (Å²) >= 11 is 0. The number of carbonyl (C=O) groups is 1. The smallest absolute Gasteiger partial charge is 0.353 e. The molecule has 4 heteroatoms. The van der Waals surface area contributed by atoms with Crippen LogP contribution in [0, 0.1) is 0 Å². The molecule has 16 heavy (non-hydrogen) atoms. The van der Waals surface area contributed by atoms with Gasteiger partial charge in [-0.2, -0.15) is 0 Å². The molecule has 0 saturated carbocycles. The highest BCUT2D eigenvalue weighted by Gasteiger charge is 2.01. The van der Waals surface area contributed by atoms with Crippen LogP contribution in [0.25, 0.3) is 0 Å². The molecule has 0 aromatic heterocycles. The van der Waals surface area contributed by atoms with E-state index in [0.29, 0.717) is 6.61 Å². The quantitative estimate of drug-likeness (QED) is 0.454. The van der Waals surface area contributed by atoms with Crippen LogP contribution in [0.15, 0.2) is 35.5 Å². The van der Waals surface area contributed by atoms with Crippen molar-refractivity contribution in [2.75, 3.05) is 6.61 Å². The van der Waals surface area contributed by atoms with Gasteiger partial charge in [0.2, 0.25) is 0 Å². The molecule has 0 aliphatic heterocycles. The van der Waals surface area contributed by atoms with Crippen LogP contribution < -0.4 is 0 Å². The first-order chi connectivity index (χ1) is 7.70. The third-order valence-electron chi connectivity index (χ3n) is 2.05. The Kier molecular flexibility index (Phi) is 5.05. The summed E-state index contributed by atoms with van der Waals surface area (Å²) in [5, 5.41) is 12.0. The number of oxime groups is 1. The minimum atomic E-state index is -1.05. The van der Waals surface area contributed by atoms with Gasteiger partial charge in [-0.25, -0.2) is 4.79 Å². The number of nitrogens with zero attached hydrogens (tertiary/aromatic N) is 1. The van der Waals surface area contributed by atoms with Gasteiger partial charge in [0.05, 0.1) is 0 Å². The number of carboxylic acid groups (broad SMARTS) is 1. The summed E-state index contributed by atoms with van der Waals surface area (Å²) in [4.78, 5) is 15.3. The van der Waals surface area contributed by atoms with Crippen molar-refractivity contribution in [3.8, 4) is 0 Å². The number of hydrogen-bond donors (Lipinski definition) is 1. The molecule has 0 spiro atoms. The van der Waals surface area contributed by atoms with E-state index in [9.17, 15) is 4.79 Å². The number of aryl methyl sites for hydroxylation is 1. The highest BCUT2D eigenvalue weighted by Crippen LogP contribution is 2.02. The van der Waals surface area contributed by atoms with Gasteiger partial charge in [-0.3, -0.25) is 0 Å². The average molecular weight is 221 g/mol. The van der Waals surface area contributed by atoms with Crippen LogP contribution in [0.4, 0.5) is 0 Å².